The minimum absolute atomic E-state index is 0.0784. The fourth-order valence-corrected chi connectivity index (χ4v) is 2.02. The van der Waals surface area contributed by atoms with Crippen LogP contribution in [0.25, 0.3) is 0 Å². The number of amidine groups is 1. The van der Waals surface area contributed by atoms with Crippen LogP contribution in [-0.4, -0.2) is 29.5 Å². The Hall–Kier alpha value is -1.19. The maximum Gasteiger partial charge on any atom is 0.226 e. The number of carbonyl (C=O) groups is 1. The third kappa shape index (κ3) is 2.26. The first-order valence-corrected chi connectivity index (χ1v) is 6.29. The Bertz CT molecular complexity index is 386. The number of carbonyl (C=O) groups excluding carboxylic acids is 1. The van der Waals surface area contributed by atoms with Gasteiger partial charge in [0.1, 0.15) is 5.84 Å². The lowest BCUT2D eigenvalue weighted by atomic mass is 9.74. The molecule has 0 radical (unpaired) electrons. The second-order valence-electron chi connectivity index (χ2n) is 6.11. The highest BCUT2D eigenvalue weighted by atomic mass is 16.2. The minimum Gasteiger partial charge on any atom is -0.343 e. The summed E-state index contributed by atoms with van der Waals surface area (Å²) in [5.74, 6) is 0.892. The van der Waals surface area contributed by atoms with Gasteiger partial charge in [0.15, 0.2) is 0 Å². The summed E-state index contributed by atoms with van der Waals surface area (Å²) in [5.41, 5.74) is -0.650. The highest BCUT2D eigenvalue weighted by Gasteiger charge is 2.45. The molecular weight excluding hydrogens is 214 g/mol. The van der Waals surface area contributed by atoms with Crippen LogP contribution in [0.15, 0.2) is 9.98 Å². The average molecular weight is 235 g/mol. The summed E-state index contributed by atoms with van der Waals surface area (Å²) in [4.78, 5) is 20.9. The second kappa shape index (κ2) is 3.93. The van der Waals surface area contributed by atoms with Crippen molar-refractivity contribution in [3.63, 3.8) is 0 Å². The fourth-order valence-electron chi connectivity index (χ4n) is 2.02. The zero-order valence-corrected chi connectivity index (χ0v) is 11.1. The van der Waals surface area contributed by atoms with Crippen LogP contribution in [-0.2, 0) is 4.79 Å². The van der Waals surface area contributed by atoms with E-state index in [9.17, 15) is 4.79 Å². The van der Waals surface area contributed by atoms with Gasteiger partial charge in [-0.15, -0.1) is 0 Å². The SMILES string of the molecule is CC1C=NC(C2(NC(=O)C(C)(C)C)CCC2)=N1. The van der Waals surface area contributed by atoms with E-state index in [0.717, 1.165) is 25.1 Å². The van der Waals surface area contributed by atoms with Gasteiger partial charge in [-0.2, -0.15) is 0 Å². The Kier molecular flexibility index (Phi) is 2.84. The molecule has 0 aromatic heterocycles. The third-order valence-electron chi connectivity index (χ3n) is 3.41. The molecule has 1 saturated carbocycles. The molecule has 0 aromatic rings. The quantitative estimate of drug-likeness (QED) is 0.781. The third-order valence-corrected chi connectivity index (χ3v) is 3.41. The first kappa shape index (κ1) is 12.3. The lowest BCUT2D eigenvalue weighted by Crippen LogP contribution is -2.60. The van der Waals surface area contributed by atoms with Gasteiger partial charge >= 0.3 is 0 Å². The monoisotopic (exact) mass is 235 g/mol. The van der Waals surface area contributed by atoms with Gasteiger partial charge in [0.25, 0.3) is 0 Å². The van der Waals surface area contributed by atoms with Crippen molar-refractivity contribution >= 4 is 18.0 Å². The van der Waals surface area contributed by atoms with Gasteiger partial charge < -0.3 is 5.32 Å². The number of nitrogens with one attached hydrogen (secondary N) is 1. The topological polar surface area (TPSA) is 53.8 Å². The Morgan fingerprint density at radius 2 is 2.12 bits per heavy atom. The van der Waals surface area contributed by atoms with E-state index in [-0.39, 0.29) is 22.9 Å². The maximum atomic E-state index is 12.1. The van der Waals surface area contributed by atoms with Gasteiger partial charge in [-0.25, -0.2) is 4.99 Å². The number of aliphatic imine (C=N–C) groups is 2. The zero-order valence-electron chi connectivity index (χ0n) is 11.1. The molecule has 0 spiro atoms. The molecule has 0 aromatic carbocycles. The smallest absolute Gasteiger partial charge is 0.226 e. The molecule has 1 aliphatic carbocycles. The van der Waals surface area contributed by atoms with Gasteiger partial charge in [-0.05, 0) is 26.2 Å². The van der Waals surface area contributed by atoms with Crippen LogP contribution in [0.2, 0.25) is 0 Å². The summed E-state index contributed by atoms with van der Waals surface area (Å²) in [7, 11) is 0. The summed E-state index contributed by atoms with van der Waals surface area (Å²) in [6.45, 7) is 7.79. The summed E-state index contributed by atoms with van der Waals surface area (Å²) in [5, 5.41) is 3.15. The molecule has 1 heterocycles. The van der Waals surface area contributed by atoms with E-state index in [1.54, 1.807) is 0 Å². The number of amides is 1. The standard InChI is InChI=1S/C13H21N3O/c1-9-8-14-10(15-9)13(6-5-7-13)16-11(17)12(2,3)4/h8-9H,5-7H2,1-4H3,(H,16,17). The van der Waals surface area contributed by atoms with Crippen molar-refractivity contribution in [2.24, 2.45) is 15.4 Å². The predicted molar refractivity (Wildman–Crippen MR) is 69.6 cm³/mol. The van der Waals surface area contributed by atoms with Crippen LogP contribution in [0.4, 0.5) is 0 Å². The zero-order chi connectivity index (χ0) is 12.7. The number of rotatable bonds is 2. The summed E-state index contributed by atoms with van der Waals surface area (Å²) >= 11 is 0. The van der Waals surface area contributed by atoms with Crippen molar-refractivity contribution in [2.45, 2.75) is 58.5 Å². The number of hydrogen-bond acceptors (Lipinski definition) is 3. The molecule has 2 rings (SSSR count). The lowest BCUT2D eigenvalue weighted by Gasteiger charge is -2.42. The van der Waals surface area contributed by atoms with Crippen LogP contribution in [0.5, 0.6) is 0 Å². The van der Waals surface area contributed by atoms with Crippen LogP contribution >= 0.6 is 0 Å². The minimum atomic E-state index is -0.364. The summed E-state index contributed by atoms with van der Waals surface area (Å²) in [6.07, 6.45) is 4.89. The first-order chi connectivity index (χ1) is 7.83. The predicted octanol–water partition coefficient (Wildman–Crippen LogP) is 1.94. The van der Waals surface area contributed by atoms with E-state index in [0.29, 0.717) is 0 Å². The van der Waals surface area contributed by atoms with Crippen LogP contribution in [0, 0.1) is 5.41 Å². The molecule has 1 aliphatic heterocycles. The van der Waals surface area contributed by atoms with Crippen LogP contribution < -0.4 is 5.32 Å². The normalized spacial score (nSPS) is 26.4. The fraction of sp³-hybridized carbons (Fsp3) is 0.769. The van der Waals surface area contributed by atoms with Crippen LogP contribution in [0.3, 0.4) is 0 Å². The second-order valence-corrected chi connectivity index (χ2v) is 6.11. The molecule has 4 heteroatoms. The molecule has 0 saturated heterocycles. The van der Waals surface area contributed by atoms with Gasteiger partial charge in [0.05, 0.1) is 11.6 Å². The van der Waals surface area contributed by atoms with Gasteiger partial charge in [-0.1, -0.05) is 20.8 Å². The highest BCUT2D eigenvalue weighted by Crippen LogP contribution is 2.36. The van der Waals surface area contributed by atoms with Crippen molar-refractivity contribution in [2.75, 3.05) is 0 Å². The Labute approximate surface area is 103 Å². The van der Waals surface area contributed by atoms with E-state index < -0.39 is 0 Å². The van der Waals surface area contributed by atoms with Crippen molar-refractivity contribution < 1.29 is 4.79 Å². The van der Waals surface area contributed by atoms with E-state index in [1.807, 2.05) is 33.9 Å². The van der Waals surface area contributed by atoms with E-state index in [4.69, 9.17) is 0 Å². The molecule has 4 nitrogen and oxygen atoms in total. The van der Waals surface area contributed by atoms with Crippen LogP contribution in [0.1, 0.15) is 47.0 Å². The molecule has 1 N–H and O–H groups in total. The Balaban J connectivity index is 2.14. The Morgan fingerprint density at radius 3 is 2.47 bits per heavy atom. The molecule has 17 heavy (non-hydrogen) atoms. The highest BCUT2D eigenvalue weighted by molar-refractivity contribution is 6.04. The first-order valence-electron chi connectivity index (χ1n) is 6.29. The molecule has 94 valence electrons. The van der Waals surface area contributed by atoms with E-state index in [1.165, 1.54) is 0 Å². The number of hydrogen-bond donors (Lipinski definition) is 1. The maximum absolute atomic E-state index is 12.1. The van der Waals surface area contributed by atoms with Crippen molar-refractivity contribution in [3.8, 4) is 0 Å². The lowest BCUT2D eigenvalue weighted by molar-refractivity contribution is -0.130. The van der Waals surface area contributed by atoms with Crippen molar-refractivity contribution in [3.05, 3.63) is 0 Å². The van der Waals surface area contributed by atoms with Crippen molar-refractivity contribution in [1.82, 2.24) is 5.32 Å². The van der Waals surface area contributed by atoms with E-state index >= 15 is 0 Å². The largest absolute Gasteiger partial charge is 0.343 e. The van der Waals surface area contributed by atoms with Gasteiger partial charge in [0, 0.05) is 11.6 Å². The summed E-state index contributed by atoms with van der Waals surface area (Å²) < 4.78 is 0. The number of nitrogens with zero attached hydrogens (tertiary/aromatic N) is 2. The molecule has 1 fully saturated rings. The molecule has 2 aliphatic rings. The van der Waals surface area contributed by atoms with Gasteiger partial charge in [-0.3, -0.25) is 9.79 Å². The average Bonchev–Trinajstić information content (AvgIpc) is 2.56. The Morgan fingerprint density at radius 1 is 1.47 bits per heavy atom. The van der Waals surface area contributed by atoms with Gasteiger partial charge in [0.2, 0.25) is 5.91 Å². The molecular formula is C13H21N3O. The van der Waals surface area contributed by atoms with Crippen molar-refractivity contribution in [1.29, 1.82) is 0 Å². The molecule has 1 unspecified atom stereocenters. The van der Waals surface area contributed by atoms with E-state index in [2.05, 4.69) is 15.3 Å². The molecule has 0 bridgehead atoms. The summed E-state index contributed by atoms with van der Waals surface area (Å²) in [6, 6.07) is 0.147. The molecule has 1 amide bonds. The molecule has 1 atom stereocenters.